The quantitative estimate of drug-likeness (QED) is 0.668. The van der Waals surface area contributed by atoms with Gasteiger partial charge in [-0.15, -0.1) is 0 Å². The second-order valence-electron chi connectivity index (χ2n) is 8.84. The Morgan fingerprint density at radius 2 is 2.00 bits per heavy atom. The Hall–Kier alpha value is -2.93. The molecule has 0 spiro atoms. The monoisotopic (exact) mass is 404 g/mol. The van der Waals surface area contributed by atoms with Gasteiger partial charge in [0.1, 0.15) is 5.82 Å². The highest BCUT2D eigenvalue weighted by Gasteiger charge is 2.49. The Kier molecular flexibility index (Phi) is 4.70. The largest absolute Gasteiger partial charge is 0.356 e. The summed E-state index contributed by atoms with van der Waals surface area (Å²) in [4.78, 5) is 28.4. The van der Waals surface area contributed by atoms with E-state index in [-0.39, 0.29) is 11.9 Å². The van der Waals surface area contributed by atoms with Crippen LogP contribution in [0.25, 0.3) is 5.65 Å². The summed E-state index contributed by atoms with van der Waals surface area (Å²) in [6, 6.07) is 8.62. The van der Waals surface area contributed by atoms with Crippen LogP contribution < -0.4 is 4.90 Å². The third-order valence-corrected chi connectivity index (χ3v) is 6.56. The Morgan fingerprint density at radius 1 is 1.17 bits per heavy atom. The first-order valence-corrected chi connectivity index (χ1v) is 10.5. The number of likely N-dealkylation sites (N-methyl/N-ethyl adjacent to an activating group) is 1. The highest BCUT2D eigenvalue weighted by atomic mass is 16.2. The summed E-state index contributed by atoms with van der Waals surface area (Å²) in [6.07, 6.45) is 7.52. The van der Waals surface area contributed by atoms with Gasteiger partial charge in [-0.25, -0.2) is 4.98 Å². The number of fused-ring (bicyclic) bond motifs is 2. The second kappa shape index (κ2) is 7.40. The lowest BCUT2D eigenvalue weighted by Crippen LogP contribution is -2.40. The molecule has 0 N–H and O–H groups in total. The number of anilines is 1. The van der Waals surface area contributed by atoms with Crippen LogP contribution in [0.3, 0.4) is 0 Å². The smallest absolute Gasteiger partial charge is 0.237 e. The fourth-order valence-electron chi connectivity index (χ4n) is 5.24. The predicted octanol–water partition coefficient (Wildman–Crippen LogP) is 2.24. The van der Waals surface area contributed by atoms with Gasteiger partial charge in [0, 0.05) is 43.9 Å². The van der Waals surface area contributed by atoms with Crippen molar-refractivity contribution in [1.29, 1.82) is 0 Å². The third-order valence-electron chi connectivity index (χ3n) is 6.56. The molecule has 0 bridgehead atoms. The van der Waals surface area contributed by atoms with Gasteiger partial charge in [0.15, 0.2) is 5.65 Å². The van der Waals surface area contributed by atoms with Crippen LogP contribution in [0.15, 0.2) is 49.1 Å². The molecule has 3 aromatic rings. The van der Waals surface area contributed by atoms with E-state index in [0.29, 0.717) is 18.4 Å². The molecule has 0 unspecified atom stereocenters. The van der Waals surface area contributed by atoms with Crippen LogP contribution in [0, 0.1) is 18.8 Å². The van der Waals surface area contributed by atoms with Crippen molar-refractivity contribution in [3.8, 4) is 0 Å². The molecule has 2 fully saturated rings. The van der Waals surface area contributed by atoms with Crippen molar-refractivity contribution < 1.29 is 4.79 Å². The highest BCUT2D eigenvalue weighted by Crippen LogP contribution is 2.46. The van der Waals surface area contributed by atoms with Crippen LogP contribution >= 0.6 is 0 Å². The van der Waals surface area contributed by atoms with Crippen LogP contribution in [0.1, 0.15) is 17.2 Å². The maximum atomic E-state index is 13.1. The number of likely N-dealkylation sites (tertiary alicyclic amines) is 1. The van der Waals surface area contributed by atoms with Crippen molar-refractivity contribution in [3.05, 3.63) is 60.2 Å². The molecule has 4 heterocycles. The number of nitrogens with zero attached hydrogens (tertiary/aromatic N) is 6. The van der Waals surface area contributed by atoms with Crippen LogP contribution in [0.4, 0.5) is 5.82 Å². The molecule has 2 aliphatic heterocycles. The van der Waals surface area contributed by atoms with Crippen molar-refractivity contribution in [3.63, 3.8) is 0 Å². The first kappa shape index (κ1) is 19.1. The lowest BCUT2D eigenvalue weighted by Gasteiger charge is -2.32. The average molecular weight is 405 g/mol. The minimum atomic E-state index is 0.114. The lowest BCUT2D eigenvalue weighted by atomic mass is 9.87. The van der Waals surface area contributed by atoms with Gasteiger partial charge in [-0.2, -0.15) is 0 Å². The molecule has 0 aliphatic carbocycles. The second-order valence-corrected chi connectivity index (χ2v) is 8.84. The summed E-state index contributed by atoms with van der Waals surface area (Å²) in [5, 5.41) is 0. The number of hydrogen-bond acceptors (Lipinski definition) is 5. The predicted molar refractivity (Wildman–Crippen MR) is 116 cm³/mol. The molecule has 5 rings (SSSR count). The van der Waals surface area contributed by atoms with Crippen molar-refractivity contribution in [2.75, 3.05) is 45.2 Å². The van der Waals surface area contributed by atoms with Crippen LogP contribution in [-0.2, 0) is 4.79 Å². The van der Waals surface area contributed by atoms with Gasteiger partial charge in [-0.05, 0) is 32.1 Å². The van der Waals surface area contributed by atoms with Crippen LogP contribution in [0.2, 0.25) is 0 Å². The summed E-state index contributed by atoms with van der Waals surface area (Å²) in [5.41, 5.74) is 3.39. The van der Waals surface area contributed by atoms with Crippen molar-refractivity contribution >= 4 is 17.4 Å². The summed E-state index contributed by atoms with van der Waals surface area (Å²) >= 11 is 0. The van der Waals surface area contributed by atoms with Gasteiger partial charge < -0.3 is 14.7 Å². The normalized spacial score (nSPS) is 23.5. The van der Waals surface area contributed by atoms with Gasteiger partial charge in [0.2, 0.25) is 5.91 Å². The van der Waals surface area contributed by atoms with E-state index >= 15 is 0 Å². The number of amides is 1. The number of carbonyl (C=O) groups is 1. The number of hydrogen-bond donors (Lipinski definition) is 0. The van der Waals surface area contributed by atoms with E-state index in [2.05, 4.69) is 55.4 Å². The zero-order valence-electron chi connectivity index (χ0n) is 17.8. The summed E-state index contributed by atoms with van der Waals surface area (Å²) in [7, 11) is 3.91. The molecule has 7 heteroatoms. The number of rotatable bonds is 4. The number of carbonyl (C=O) groups excluding carboxylic acids is 1. The summed E-state index contributed by atoms with van der Waals surface area (Å²) < 4.78 is 2.10. The Bertz CT molecular complexity index is 1080. The molecule has 3 atom stereocenters. The number of aryl methyl sites for hydroxylation is 1. The minimum absolute atomic E-state index is 0.114. The van der Waals surface area contributed by atoms with Gasteiger partial charge >= 0.3 is 0 Å². The van der Waals surface area contributed by atoms with E-state index in [9.17, 15) is 4.79 Å². The SMILES string of the molecule is Cc1ccccc1[C@H]1[C@@H]2CN(c3cncc4nccn34)C[C@@H]2CN1C(=O)CN(C)C. The molecule has 2 aliphatic rings. The molecule has 30 heavy (non-hydrogen) atoms. The highest BCUT2D eigenvalue weighted by molar-refractivity contribution is 5.79. The minimum Gasteiger partial charge on any atom is -0.356 e. The maximum absolute atomic E-state index is 13.1. The Balaban J connectivity index is 1.48. The van der Waals surface area contributed by atoms with Crippen LogP contribution in [0.5, 0.6) is 0 Å². The standard InChI is InChI=1S/C23H28N6O/c1-16-6-4-5-7-18(16)23-19-14-27(21-11-24-10-20-25-8-9-28(20)21)12-17(19)13-29(23)22(30)15-26(2)3/h4-11,17,19,23H,12-15H2,1-3H3/t17-,19-,23+/m1/s1. The molecular weight excluding hydrogens is 376 g/mol. The molecule has 1 aromatic carbocycles. The van der Waals surface area contributed by atoms with E-state index < -0.39 is 0 Å². The zero-order chi connectivity index (χ0) is 20.8. The molecule has 0 saturated carbocycles. The van der Waals surface area contributed by atoms with E-state index in [1.165, 1.54) is 11.1 Å². The van der Waals surface area contributed by atoms with Crippen LogP contribution in [-0.4, -0.2) is 70.4 Å². The number of benzene rings is 1. The molecule has 2 saturated heterocycles. The maximum Gasteiger partial charge on any atom is 0.237 e. The van der Waals surface area contributed by atoms with E-state index in [1.807, 2.05) is 37.6 Å². The van der Waals surface area contributed by atoms with E-state index in [1.54, 1.807) is 6.20 Å². The third kappa shape index (κ3) is 3.13. The molecule has 7 nitrogen and oxygen atoms in total. The van der Waals surface area contributed by atoms with Crippen molar-refractivity contribution in [2.45, 2.75) is 13.0 Å². The fourth-order valence-corrected chi connectivity index (χ4v) is 5.24. The molecule has 2 aromatic heterocycles. The zero-order valence-corrected chi connectivity index (χ0v) is 17.8. The van der Waals surface area contributed by atoms with Gasteiger partial charge in [0.05, 0.1) is 25.0 Å². The van der Waals surface area contributed by atoms with Crippen molar-refractivity contribution in [2.24, 2.45) is 11.8 Å². The molecule has 1 amide bonds. The fraction of sp³-hybridized carbons (Fsp3) is 0.435. The molecule has 0 radical (unpaired) electrons. The topological polar surface area (TPSA) is 57.0 Å². The van der Waals surface area contributed by atoms with E-state index in [4.69, 9.17) is 0 Å². The molecule has 156 valence electrons. The van der Waals surface area contributed by atoms with Gasteiger partial charge in [-0.1, -0.05) is 24.3 Å². The lowest BCUT2D eigenvalue weighted by molar-refractivity contribution is -0.133. The molecular formula is C23H28N6O. The Morgan fingerprint density at radius 3 is 2.80 bits per heavy atom. The summed E-state index contributed by atoms with van der Waals surface area (Å²) in [6.45, 7) is 5.25. The first-order chi connectivity index (χ1) is 14.5. The summed E-state index contributed by atoms with van der Waals surface area (Å²) in [5.74, 6) is 2.14. The van der Waals surface area contributed by atoms with Gasteiger partial charge in [-0.3, -0.25) is 14.2 Å². The number of aromatic nitrogens is 3. The average Bonchev–Trinajstić information content (AvgIpc) is 3.41. The first-order valence-electron chi connectivity index (χ1n) is 10.5. The van der Waals surface area contributed by atoms with Gasteiger partial charge in [0.25, 0.3) is 0 Å². The number of imidazole rings is 1. The Labute approximate surface area is 176 Å². The van der Waals surface area contributed by atoms with Crippen molar-refractivity contribution in [1.82, 2.24) is 24.2 Å². The van der Waals surface area contributed by atoms with E-state index in [0.717, 1.165) is 31.1 Å².